The zero-order valence-corrected chi connectivity index (χ0v) is 19.5. The Morgan fingerprint density at radius 3 is 2.71 bits per heavy atom. The molecule has 34 heavy (non-hydrogen) atoms. The summed E-state index contributed by atoms with van der Waals surface area (Å²) in [6.07, 6.45) is 8.36. The first-order chi connectivity index (χ1) is 16.8. The van der Waals surface area contributed by atoms with Crippen LogP contribution in [0.15, 0.2) is 67.0 Å². The van der Waals surface area contributed by atoms with Crippen LogP contribution < -0.4 is 15.4 Å². The summed E-state index contributed by atoms with van der Waals surface area (Å²) in [4.78, 5) is 16.0. The van der Waals surface area contributed by atoms with Crippen molar-refractivity contribution in [1.82, 2.24) is 19.9 Å². The van der Waals surface area contributed by atoms with Gasteiger partial charge in [-0.15, -0.1) is 0 Å². The molecule has 2 N–H and O–H groups in total. The molecular weight excluding hydrogens is 424 g/mol. The van der Waals surface area contributed by atoms with E-state index in [1.54, 1.807) is 13.3 Å². The number of aryl methyl sites for hydroxylation is 1. The van der Waals surface area contributed by atoms with Crippen molar-refractivity contribution >= 4 is 34.0 Å². The van der Waals surface area contributed by atoms with Crippen LogP contribution in [0.4, 0.5) is 23.1 Å². The highest BCUT2D eigenvalue weighted by Gasteiger charge is 2.12. The van der Waals surface area contributed by atoms with Gasteiger partial charge < -0.3 is 20.3 Å². The quantitative estimate of drug-likeness (QED) is 0.343. The zero-order valence-electron chi connectivity index (χ0n) is 19.5. The SMILES string of the molecule is COc1cc(Nc2nccc(Nc3cnc4ccccc4c3)n2)ccc1CCCN1CCCC1. The Kier molecular flexibility index (Phi) is 6.81. The van der Waals surface area contributed by atoms with E-state index in [0.717, 1.165) is 47.4 Å². The van der Waals surface area contributed by atoms with Crippen molar-refractivity contribution in [3.63, 3.8) is 0 Å². The molecule has 7 nitrogen and oxygen atoms in total. The van der Waals surface area contributed by atoms with E-state index in [4.69, 9.17) is 4.74 Å². The fourth-order valence-corrected chi connectivity index (χ4v) is 4.43. The van der Waals surface area contributed by atoms with Crippen LogP contribution in [0.25, 0.3) is 10.9 Å². The van der Waals surface area contributed by atoms with E-state index < -0.39 is 0 Å². The molecular formula is C27H30N6O. The van der Waals surface area contributed by atoms with Crippen molar-refractivity contribution in [2.45, 2.75) is 25.7 Å². The lowest BCUT2D eigenvalue weighted by Crippen LogP contribution is -2.20. The molecule has 1 saturated heterocycles. The first-order valence-electron chi connectivity index (χ1n) is 11.9. The maximum atomic E-state index is 5.67. The van der Waals surface area contributed by atoms with Crippen molar-refractivity contribution in [3.05, 3.63) is 72.6 Å². The smallest absolute Gasteiger partial charge is 0.229 e. The third-order valence-corrected chi connectivity index (χ3v) is 6.18. The molecule has 1 aliphatic heterocycles. The minimum Gasteiger partial charge on any atom is -0.496 e. The van der Waals surface area contributed by atoms with Crippen LogP contribution in [0.3, 0.4) is 0 Å². The van der Waals surface area contributed by atoms with Gasteiger partial charge in [0.2, 0.25) is 5.95 Å². The van der Waals surface area contributed by atoms with Gasteiger partial charge in [0.15, 0.2) is 0 Å². The maximum Gasteiger partial charge on any atom is 0.229 e. The van der Waals surface area contributed by atoms with E-state index in [1.807, 2.05) is 42.6 Å². The monoisotopic (exact) mass is 454 g/mol. The molecule has 0 amide bonds. The highest BCUT2D eigenvalue weighted by molar-refractivity contribution is 5.82. The van der Waals surface area contributed by atoms with Crippen LogP contribution in [0.2, 0.25) is 0 Å². The Hall–Kier alpha value is -3.71. The molecule has 4 aromatic rings. The highest BCUT2D eigenvalue weighted by Crippen LogP contribution is 2.27. The maximum absolute atomic E-state index is 5.67. The molecule has 3 heterocycles. The van der Waals surface area contributed by atoms with Crippen LogP contribution >= 0.6 is 0 Å². The van der Waals surface area contributed by atoms with Crippen molar-refractivity contribution in [1.29, 1.82) is 0 Å². The zero-order chi connectivity index (χ0) is 23.2. The molecule has 0 spiro atoms. The number of hydrogen-bond donors (Lipinski definition) is 2. The van der Waals surface area contributed by atoms with Crippen LogP contribution in [0, 0.1) is 0 Å². The minimum absolute atomic E-state index is 0.516. The molecule has 0 atom stereocenters. The van der Waals surface area contributed by atoms with Crippen molar-refractivity contribution in [2.75, 3.05) is 37.4 Å². The average molecular weight is 455 g/mol. The molecule has 0 radical (unpaired) electrons. The summed E-state index contributed by atoms with van der Waals surface area (Å²) in [5.41, 5.74) is 3.96. The number of methoxy groups -OCH3 is 1. The van der Waals surface area contributed by atoms with Gasteiger partial charge in [-0.2, -0.15) is 4.98 Å². The summed E-state index contributed by atoms with van der Waals surface area (Å²) < 4.78 is 5.67. The fourth-order valence-electron chi connectivity index (χ4n) is 4.43. The number of hydrogen-bond acceptors (Lipinski definition) is 7. The third-order valence-electron chi connectivity index (χ3n) is 6.18. The van der Waals surface area contributed by atoms with Crippen LogP contribution in [-0.4, -0.2) is 46.6 Å². The number of benzene rings is 2. The predicted molar refractivity (Wildman–Crippen MR) is 137 cm³/mol. The van der Waals surface area contributed by atoms with Gasteiger partial charge in [0.05, 0.1) is 24.5 Å². The van der Waals surface area contributed by atoms with Gasteiger partial charge in [-0.25, -0.2) is 4.98 Å². The Morgan fingerprint density at radius 1 is 0.941 bits per heavy atom. The van der Waals surface area contributed by atoms with Crippen molar-refractivity contribution in [2.24, 2.45) is 0 Å². The normalized spacial score (nSPS) is 13.8. The predicted octanol–water partition coefficient (Wildman–Crippen LogP) is 5.55. The molecule has 0 unspecified atom stereocenters. The number of rotatable bonds is 9. The standard InChI is InChI=1S/C27H30N6O/c1-34-25-18-22(11-10-20(25)8-6-16-33-14-4-5-15-33)31-27-28-13-12-26(32-27)30-23-17-21-7-2-3-9-24(21)29-19-23/h2-3,7,9-13,17-19H,4-6,8,14-16H2,1H3,(H2,28,30,31,32). The molecule has 0 saturated carbocycles. The first kappa shape index (κ1) is 22.1. The third kappa shape index (κ3) is 5.43. The van der Waals surface area contributed by atoms with Crippen LogP contribution in [-0.2, 0) is 6.42 Å². The van der Waals surface area contributed by atoms with Gasteiger partial charge in [0.1, 0.15) is 11.6 Å². The van der Waals surface area contributed by atoms with E-state index in [2.05, 4.69) is 48.7 Å². The van der Waals surface area contributed by atoms with Gasteiger partial charge in [-0.3, -0.25) is 4.98 Å². The number of fused-ring (bicyclic) bond motifs is 1. The van der Waals surface area contributed by atoms with E-state index >= 15 is 0 Å². The number of ether oxygens (including phenoxy) is 1. The van der Waals surface area contributed by atoms with Gasteiger partial charge in [-0.05, 0) is 75.1 Å². The number of aromatic nitrogens is 3. The summed E-state index contributed by atoms with van der Waals surface area (Å²) >= 11 is 0. The van der Waals surface area contributed by atoms with E-state index in [1.165, 1.54) is 31.5 Å². The van der Waals surface area contributed by atoms with Crippen molar-refractivity contribution in [3.8, 4) is 5.75 Å². The second-order valence-electron chi connectivity index (χ2n) is 8.61. The number of para-hydroxylation sites is 1. The van der Waals surface area contributed by atoms with Gasteiger partial charge >= 0.3 is 0 Å². The van der Waals surface area contributed by atoms with Crippen molar-refractivity contribution < 1.29 is 4.74 Å². The molecule has 174 valence electrons. The lowest BCUT2D eigenvalue weighted by Gasteiger charge is -2.15. The lowest BCUT2D eigenvalue weighted by atomic mass is 10.1. The fraction of sp³-hybridized carbons (Fsp3) is 0.296. The van der Waals surface area contributed by atoms with Crippen LogP contribution in [0.5, 0.6) is 5.75 Å². The topological polar surface area (TPSA) is 75.2 Å². The Labute approximate surface area is 200 Å². The molecule has 2 aromatic heterocycles. The lowest BCUT2D eigenvalue weighted by molar-refractivity contribution is 0.332. The Balaban J connectivity index is 1.24. The first-order valence-corrected chi connectivity index (χ1v) is 11.9. The van der Waals surface area contributed by atoms with E-state index in [-0.39, 0.29) is 0 Å². The molecule has 0 bridgehead atoms. The molecule has 7 heteroatoms. The summed E-state index contributed by atoms with van der Waals surface area (Å²) in [5, 5.41) is 7.69. The number of nitrogens with one attached hydrogen (secondary N) is 2. The second kappa shape index (κ2) is 10.5. The summed E-state index contributed by atoms with van der Waals surface area (Å²) in [6.45, 7) is 3.64. The van der Waals surface area contributed by atoms with E-state index in [9.17, 15) is 0 Å². The number of pyridine rings is 1. The largest absolute Gasteiger partial charge is 0.496 e. The van der Waals surface area contributed by atoms with E-state index in [0.29, 0.717) is 11.8 Å². The number of likely N-dealkylation sites (tertiary alicyclic amines) is 1. The Morgan fingerprint density at radius 2 is 1.82 bits per heavy atom. The molecule has 1 fully saturated rings. The molecule has 1 aliphatic rings. The number of nitrogens with zero attached hydrogens (tertiary/aromatic N) is 4. The molecule has 5 rings (SSSR count). The molecule has 0 aliphatic carbocycles. The molecule has 2 aromatic carbocycles. The van der Waals surface area contributed by atoms with Crippen LogP contribution in [0.1, 0.15) is 24.8 Å². The average Bonchev–Trinajstić information content (AvgIpc) is 3.38. The number of anilines is 4. The summed E-state index contributed by atoms with van der Waals surface area (Å²) in [7, 11) is 1.72. The summed E-state index contributed by atoms with van der Waals surface area (Å²) in [5.74, 6) is 2.10. The van der Waals surface area contributed by atoms with Gasteiger partial charge in [0, 0.05) is 23.3 Å². The van der Waals surface area contributed by atoms with Gasteiger partial charge in [-0.1, -0.05) is 24.3 Å². The highest BCUT2D eigenvalue weighted by atomic mass is 16.5. The van der Waals surface area contributed by atoms with Gasteiger partial charge in [0.25, 0.3) is 0 Å². The summed E-state index contributed by atoms with van der Waals surface area (Å²) in [6, 6.07) is 18.1. The second-order valence-corrected chi connectivity index (χ2v) is 8.61. The Bertz CT molecular complexity index is 1250. The minimum atomic E-state index is 0.516.